The second kappa shape index (κ2) is 4.10. The second-order valence-electron chi connectivity index (χ2n) is 4.54. The van der Waals surface area contributed by atoms with Crippen LogP contribution in [0.5, 0.6) is 0 Å². The molecule has 102 valence electrons. The van der Waals surface area contributed by atoms with Crippen LogP contribution in [0.3, 0.4) is 0 Å². The molecule has 2 aromatic heterocycles. The fourth-order valence-electron chi connectivity index (χ4n) is 1.98. The highest BCUT2D eigenvalue weighted by Crippen LogP contribution is 2.38. The monoisotopic (exact) mass is 283 g/mol. The van der Waals surface area contributed by atoms with Crippen LogP contribution < -0.4 is 5.14 Å². The Hall–Kier alpha value is -1.81. The highest BCUT2D eigenvalue weighted by molar-refractivity contribution is 7.89. The number of aromatic nitrogens is 6. The van der Waals surface area contributed by atoms with E-state index in [-0.39, 0.29) is 17.2 Å². The van der Waals surface area contributed by atoms with E-state index in [9.17, 15) is 8.42 Å². The Kier molecular flexibility index (Phi) is 2.64. The third-order valence-corrected chi connectivity index (χ3v) is 3.85. The summed E-state index contributed by atoms with van der Waals surface area (Å²) in [6.45, 7) is 1.85. The molecular formula is C9H13N7O2S. The van der Waals surface area contributed by atoms with Crippen LogP contribution in [0.4, 0.5) is 0 Å². The molecule has 0 bridgehead atoms. The topological polar surface area (TPSA) is 122 Å². The van der Waals surface area contributed by atoms with Crippen molar-refractivity contribution in [1.82, 2.24) is 29.5 Å². The average Bonchev–Trinajstić information content (AvgIpc) is 2.90. The van der Waals surface area contributed by atoms with Crippen LogP contribution in [-0.4, -0.2) is 37.9 Å². The zero-order valence-electron chi connectivity index (χ0n) is 10.2. The van der Waals surface area contributed by atoms with Gasteiger partial charge in [0.2, 0.25) is 0 Å². The van der Waals surface area contributed by atoms with E-state index in [1.165, 1.54) is 6.33 Å². The van der Waals surface area contributed by atoms with Crippen LogP contribution >= 0.6 is 0 Å². The second-order valence-corrected chi connectivity index (χ2v) is 5.99. The minimum absolute atomic E-state index is 0.101. The van der Waals surface area contributed by atoms with Crippen LogP contribution in [0, 0.1) is 0 Å². The molecule has 9 nitrogen and oxygen atoms in total. The number of nitrogens with two attached hydrogens (primary N) is 1. The van der Waals surface area contributed by atoms with Gasteiger partial charge in [0, 0.05) is 6.04 Å². The number of rotatable bonds is 4. The average molecular weight is 283 g/mol. The highest BCUT2D eigenvalue weighted by Gasteiger charge is 2.35. The lowest BCUT2D eigenvalue weighted by atomic mass is 10.3. The fourth-order valence-corrected chi connectivity index (χ4v) is 2.65. The minimum atomic E-state index is -3.88. The van der Waals surface area contributed by atoms with Crippen molar-refractivity contribution >= 4 is 10.0 Å². The van der Waals surface area contributed by atoms with Crippen molar-refractivity contribution in [2.45, 2.75) is 37.0 Å². The third kappa shape index (κ3) is 2.12. The van der Waals surface area contributed by atoms with Crippen LogP contribution in [0.1, 0.15) is 37.7 Å². The van der Waals surface area contributed by atoms with Gasteiger partial charge in [-0.3, -0.25) is 4.57 Å². The minimum Gasteiger partial charge on any atom is -0.296 e. The Morgan fingerprint density at radius 3 is 2.68 bits per heavy atom. The van der Waals surface area contributed by atoms with Gasteiger partial charge in [-0.25, -0.2) is 23.2 Å². The van der Waals surface area contributed by atoms with Crippen LogP contribution in [0.15, 0.2) is 17.8 Å². The summed E-state index contributed by atoms with van der Waals surface area (Å²) < 4.78 is 26.2. The lowest BCUT2D eigenvalue weighted by molar-refractivity contribution is 0.488. The predicted octanol–water partition coefficient (Wildman–Crippen LogP) is -0.539. The molecule has 0 aromatic carbocycles. The van der Waals surface area contributed by atoms with Crippen molar-refractivity contribution in [3.05, 3.63) is 18.5 Å². The Morgan fingerprint density at radius 1 is 1.42 bits per heavy atom. The van der Waals surface area contributed by atoms with Gasteiger partial charge in [0.15, 0.2) is 5.82 Å². The standard InChI is InChI=1S/C9H13N7O2S/c1-6(15-5-11-4-12-15)8-13-14-9(19(10,17)18)16(8)7-2-3-7/h4-7H,2-3H2,1H3,(H2,10,17,18). The first-order chi connectivity index (χ1) is 8.98. The molecule has 1 atom stereocenters. The quantitative estimate of drug-likeness (QED) is 0.804. The fraction of sp³-hybridized carbons (Fsp3) is 0.556. The van der Waals surface area contributed by atoms with Crippen LogP contribution in [0.2, 0.25) is 0 Å². The van der Waals surface area contributed by atoms with Gasteiger partial charge in [0.05, 0.1) is 0 Å². The van der Waals surface area contributed by atoms with E-state index >= 15 is 0 Å². The molecule has 2 heterocycles. The number of nitrogens with zero attached hydrogens (tertiary/aromatic N) is 6. The number of hydrogen-bond donors (Lipinski definition) is 1. The molecule has 1 saturated carbocycles. The van der Waals surface area contributed by atoms with Crippen LogP contribution in [0.25, 0.3) is 0 Å². The maximum atomic E-state index is 11.5. The van der Waals surface area contributed by atoms with Crippen molar-refractivity contribution in [1.29, 1.82) is 0 Å². The lowest BCUT2D eigenvalue weighted by Crippen LogP contribution is -2.20. The molecule has 19 heavy (non-hydrogen) atoms. The summed E-state index contributed by atoms with van der Waals surface area (Å²) in [5, 5.41) is 16.7. The number of primary sulfonamides is 1. The van der Waals surface area contributed by atoms with E-state index in [2.05, 4.69) is 20.3 Å². The zero-order chi connectivity index (χ0) is 13.6. The van der Waals surface area contributed by atoms with Gasteiger partial charge in [-0.15, -0.1) is 10.2 Å². The molecule has 0 amide bonds. The van der Waals surface area contributed by atoms with E-state index < -0.39 is 10.0 Å². The van der Waals surface area contributed by atoms with Crippen molar-refractivity contribution < 1.29 is 8.42 Å². The molecule has 2 N–H and O–H groups in total. The smallest absolute Gasteiger partial charge is 0.273 e. The van der Waals surface area contributed by atoms with Gasteiger partial charge in [0.25, 0.3) is 15.2 Å². The molecular weight excluding hydrogens is 270 g/mol. The van der Waals surface area contributed by atoms with Gasteiger partial charge in [-0.1, -0.05) is 0 Å². The molecule has 1 fully saturated rings. The number of sulfonamides is 1. The normalized spacial score (nSPS) is 17.6. The van der Waals surface area contributed by atoms with E-state index in [0.717, 1.165) is 12.8 Å². The van der Waals surface area contributed by atoms with Gasteiger partial charge in [0.1, 0.15) is 18.7 Å². The summed E-state index contributed by atoms with van der Waals surface area (Å²) in [5.74, 6) is 0.525. The molecule has 0 spiro atoms. The Labute approximate surface area is 109 Å². The molecule has 2 aromatic rings. The van der Waals surface area contributed by atoms with E-state index in [4.69, 9.17) is 5.14 Å². The first-order valence-electron chi connectivity index (χ1n) is 5.80. The molecule has 0 radical (unpaired) electrons. The van der Waals surface area contributed by atoms with Gasteiger partial charge in [-0.2, -0.15) is 5.10 Å². The SMILES string of the molecule is CC(c1nnc(S(N)(=O)=O)n1C1CC1)n1cncn1. The van der Waals surface area contributed by atoms with Crippen molar-refractivity contribution in [2.75, 3.05) is 0 Å². The van der Waals surface area contributed by atoms with Crippen LogP contribution in [-0.2, 0) is 10.0 Å². The zero-order valence-corrected chi connectivity index (χ0v) is 11.0. The maximum Gasteiger partial charge on any atom is 0.273 e. The first-order valence-corrected chi connectivity index (χ1v) is 7.35. The third-order valence-electron chi connectivity index (χ3n) is 3.06. The molecule has 0 aliphatic heterocycles. The largest absolute Gasteiger partial charge is 0.296 e. The summed E-state index contributed by atoms with van der Waals surface area (Å²) in [4.78, 5) is 3.87. The molecule has 1 aliphatic rings. The van der Waals surface area contributed by atoms with Gasteiger partial charge < -0.3 is 0 Å². The Morgan fingerprint density at radius 2 is 2.16 bits per heavy atom. The lowest BCUT2D eigenvalue weighted by Gasteiger charge is -2.13. The number of hydrogen-bond acceptors (Lipinski definition) is 6. The molecule has 0 saturated heterocycles. The summed E-state index contributed by atoms with van der Waals surface area (Å²) in [6.07, 6.45) is 4.76. The maximum absolute atomic E-state index is 11.5. The molecule has 1 unspecified atom stereocenters. The summed E-state index contributed by atoms with van der Waals surface area (Å²) in [6, 6.07) is -0.157. The van der Waals surface area contributed by atoms with E-state index in [0.29, 0.717) is 5.82 Å². The highest BCUT2D eigenvalue weighted by atomic mass is 32.2. The van der Waals surface area contributed by atoms with E-state index in [1.807, 2.05) is 6.92 Å². The summed E-state index contributed by atoms with van der Waals surface area (Å²) in [7, 11) is -3.88. The Bertz CT molecular complexity index is 686. The van der Waals surface area contributed by atoms with Crippen molar-refractivity contribution in [3.8, 4) is 0 Å². The van der Waals surface area contributed by atoms with E-state index in [1.54, 1.807) is 15.6 Å². The molecule has 10 heteroatoms. The molecule has 1 aliphatic carbocycles. The van der Waals surface area contributed by atoms with Crippen molar-refractivity contribution in [3.63, 3.8) is 0 Å². The summed E-state index contributed by atoms with van der Waals surface area (Å²) >= 11 is 0. The van der Waals surface area contributed by atoms with Crippen molar-refractivity contribution in [2.24, 2.45) is 5.14 Å². The van der Waals surface area contributed by atoms with Gasteiger partial charge >= 0.3 is 0 Å². The summed E-state index contributed by atoms with van der Waals surface area (Å²) in [5.41, 5.74) is 0. The Balaban J connectivity index is 2.10. The first kappa shape index (κ1) is 12.2. The molecule has 3 rings (SSSR count). The predicted molar refractivity (Wildman–Crippen MR) is 63.5 cm³/mol. The van der Waals surface area contributed by atoms with Gasteiger partial charge in [-0.05, 0) is 19.8 Å².